The van der Waals surface area contributed by atoms with E-state index >= 15 is 0 Å². The van der Waals surface area contributed by atoms with E-state index in [2.05, 4.69) is 390 Å². The molecule has 0 bridgehead atoms. The van der Waals surface area contributed by atoms with Gasteiger partial charge in [0.25, 0.3) is 0 Å². The largest absolute Gasteiger partial charge is 0.309 e. The van der Waals surface area contributed by atoms with E-state index in [1.807, 2.05) is 133 Å². The summed E-state index contributed by atoms with van der Waals surface area (Å²) >= 11 is 0. The second-order valence-corrected chi connectivity index (χ2v) is 35.1. The summed E-state index contributed by atoms with van der Waals surface area (Å²) < 4.78 is 7.08. The monoisotopic (exact) mass is 1800 g/mol. The van der Waals surface area contributed by atoms with Crippen molar-refractivity contribution in [2.24, 2.45) is 0 Å². The maximum absolute atomic E-state index is 5.09. The molecule has 0 aliphatic carbocycles. The normalized spacial score (nSPS) is 11.4. The zero-order valence-corrected chi connectivity index (χ0v) is 76.4. The van der Waals surface area contributed by atoms with Crippen LogP contribution in [-0.2, 0) is 0 Å². The quantitative estimate of drug-likeness (QED) is 0.0984. The third kappa shape index (κ3) is 16.1. The molecule has 0 N–H and O–H groups in total. The van der Waals surface area contributed by atoms with E-state index in [1.54, 1.807) is 0 Å². The van der Waals surface area contributed by atoms with Gasteiger partial charge in [0.15, 0.2) is 52.4 Å². The lowest BCUT2D eigenvalue weighted by Crippen LogP contribution is -2.00. The van der Waals surface area contributed by atoms with Crippen molar-refractivity contribution in [3.8, 4) is 153 Å². The van der Waals surface area contributed by atoms with Crippen molar-refractivity contribution in [1.82, 2.24) is 58.6 Å². The van der Waals surface area contributed by atoms with Gasteiger partial charge in [0.05, 0.1) is 33.1 Å². The van der Waals surface area contributed by atoms with Crippen LogP contribution in [0.25, 0.3) is 251 Å². The first kappa shape index (κ1) is 83.6. The van der Waals surface area contributed by atoms with E-state index in [4.69, 9.17) is 44.9 Å². The number of benzene rings is 21. The summed E-state index contributed by atoms with van der Waals surface area (Å²) in [5.74, 6) is 5.81. The molecule has 0 spiro atoms. The van der Waals surface area contributed by atoms with Gasteiger partial charge in [-0.05, 0) is 163 Å². The summed E-state index contributed by atoms with van der Waals surface area (Å²) in [5, 5.41) is 14.7. The number of aromatic nitrogens is 12. The molecule has 6 aromatic heterocycles. The minimum atomic E-state index is 0.637. The van der Waals surface area contributed by atoms with Gasteiger partial charge in [-0.1, -0.05) is 413 Å². The standard InChI is InChI=1S/3C43H28N4/c1-4-12-29(13-5-1)34-22-26-37-39(28-34)47(38-27-23-30-14-10-11-19-36(30)40(37)38)35-24-20-33(21-25-35)43-45-41(31-15-6-2-7-16-31)44-42(46-43)32-17-8-3-9-18-32;1-4-12-29(13-5-1)30-20-22-33(23-21-30)42-44-41(32-15-6-2-7-16-32)45-43(46-42)34-25-26-38-37(28-34)40-36-19-11-10-14-31(36)24-27-39(40)47(38)35-17-8-3-9-18-35;1-4-12-29(13-5-1)30-20-22-33(23-21-30)42-44-41(32-15-6-2-7-16-32)45-43(46-42)34-24-26-37-39(28-34)47(35-17-8-3-9-18-35)38-27-25-31-14-10-11-19-36(31)40(37)38/h3*1-28H. The number of rotatable bonds is 15. The third-order valence-electron chi connectivity index (χ3n) is 26.5. The van der Waals surface area contributed by atoms with Gasteiger partial charge in [-0.25, -0.2) is 44.9 Å². The van der Waals surface area contributed by atoms with Crippen molar-refractivity contribution in [3.63, 3.8) is 0 Å². The summed E-state index contributed by atoms with van der Waals surface area (Å²) in [6.45, 7) is 0. The maximum Gasteiger partial charge on any atom is 0.164 e. The van der Waals surface area contributed by atoms with Crippen molar-refractivity contribution in [2.75, 3.05) is 0 Å². The van der Waals surface area contributed by atoms with Crippen molar-refractivity contribution >= 4 is 97.7 Å². The molecule has 660 valence electrons. The molecule has 27 rings (SSSR count). The van der Waals surface area contributed by atoms with Gasteiger partial charge in [0, 0.05) is 99.5 Å². The number of hydrogen-bond donors (Lipinski definition) is 0. The van der Waals surface area contributed by atoms with Crippen LogP contribution in [0.15, 0.2) is 510 Å². The minimum absolute atomic E-state index is 0.637. The molecule has 0 aliphatic heterocycles. The van der Waals surface area contributed by atoms with E-state index in [1.165, 1.54) is 104 Å². The Kier molecular flexibility index (Phi) is 21.7. The zero-order valence-electron chi connectivity index (χ0n) is 76.4. The number of para-hydroxylation sites is 2. The molecule has 12 heteroatoms. The first-order chi connectivity index (χ1) is 69.9. The summed E-state index contributed by atoms with van der Waals surface area (Å²) in [6, 6.07) is 178. The smallest absolute Gasteiger partial charge is 0.164 e. The van der Waals surface area contributed by atoms with E-state index in [9.17, 15) is 0 Å². The van der Waals surface area contributed by atoms with Crippen LogP contribution in [0.2, 0.25) is 0 Å². The van der Waals surface area contributed by atoms with Crippen molar-refractivity contribution in [2.45, 2.75) is 0 Å². The van der Waals surface area contributed by atoms with Crippen LogP contribution in [0.1, 0.15) is 0 Å². The molecule has 141 heavy (non-hydrogen) atoms. The highest BCUT2D eigenvalue weighted by atomic mass is 15.1. The van der Waals surface area contributed by atoms with E-state index in [-0.39, 0.29) is 0 Å². The molecule has 0 atom stereocenters. The van der Waals surface area contributed by atoms with Crippen LogP contribution in [0.3, 0.4) is 0 Å². The minimum Gasteiger partial charge on any atom is -0.309 e. The van der Waals surface area contributed by atoms with Gasteiger partial charge in [0.1, 0.15) is 0 Å². The molecular weight excluding hydrogens is 1720 g/mol. The van der Waals surface area contributed by atoms with Gasteiger partial charge in [0.2, 0.25) is 0 Å². The summed E-state index contributed by atoms with van der Waals surface area (Å²) in [5.41, 5.74) is 25.8. The lowest BCUT2D eigenvalue weighted by atomic mass is 10.0. The molecule has 0 radical (unpaired) electrons. The Hall–Kier alpha value is -19.2. The lowest BCUT2D eigenvalue weighted by Gasteiger charge is -2.11. The fourth-order valence-corrected chi connectivity index (χ4v) is 19.7. The third-order valence-corrected chi connectivity index (χ3v) is 26.5. The van der Waals surface area contributed by atoms with Gasteiger partial charge in [-0.3, -0.25) is 0 Å². The molecular formula is C129H84N12. The molecule has 0 amide bonds. The predicted octanol–water partition coefficient (Wildman–Crippen LogP) is 32.4. The molecule has 0 saturated carbocycles. The Bertz CT molecular complexity index is 9270. The van der Waals surface area contributed by atoms with Crippen molar-refractivity contribution in [3.05, 3.63) is 510 Å². The first-order valence-corrected chi connectivity index (χ1v) is 47.4. The molecule has 0 unspecified atom stereocenters. The Balaban J connectivity index is 0.000000111. The van der Waals surface area contributed by atoms with E-state index in [0.717, 1.165) is 94.7 Å². The van der Waals surface area contributed by atoms with Gasteiger partial charge in [-0.2, -0.15) is 0 Å². The lowest BCUT2D eigenvalue weighted by molar-refractivity contribution is 1.07. The second-order valence-electron chi connectivity index (χ2n) is 35.1. The molecule has 6 heterocycles. The Morgan fingerprint density at radius 3 is 0.660 bits per heavy atom. The zero-order chi connectivity index (χ0) is 93.5. The van der Waals surface area contributed by atoms with Crippen LogP contribution in [0, 0.1) is 0 Å². The summed E-state index contributed by atoms with van der Waals surface area (Å²) in [7, 11) is 0. The van der Waals surface area contributed by atoms with E-state index < -0.39 is 0 Å². The Morgan fingerprint density at radius 2 is 0.319 bits per heavy atom. The van der Waals surface area contributed by atoms with Gasteiger partial charge >= 0.3 is 0 Å². The molecule has 0 aliphatic rings. The fourth-order valence-electron chi connectivity index (χ4n) is 19.7. The average molecular weight is 1800 g/mol. The maximum atomic E-state index is 5.09. The van der Waals surface area contributed by atoms with Crippen LogP contribution >= 0.6 is 0 Å². The molecule has 12 nitrogen and oxygen atoms in total. The number of fused-ring (bicyclic) bond motifs is 15. The Labute approximate surface area is 813 Å². The average Bonchev–Trinajstić information content (AvgIpc) is 1.58. The van der Waals surface area contributed by atoms with Crippen molar-refractivity contribution in [1.29, 1.82) is 0 Å². The summed E-state index contributed by atoms with van der Waals surface area (Å²) in [4.78, 5) is 45.0. The topological polar surface area (TPSA) is 131 Å². The predicted molar refractivity (Wildman–Crippen MR) is 580 cm³/mol. The van der Waals surface area contributed by atoms with Crippen molar-refractivity contribution < 1.29 is 0 Å². The summed E-state index contributed by atoms with van der Waals surface area (Å²) in [6.07, 6.45) is 0. The van der Waals surface area contributed by atoms with E-state index in [0.29, 0.717) is 52.4 Å². The fraction of sp³-hybridized carbons (Fsp3) is 0. The number of hydrogen-bond acceptors (Lipinski definition) is 9. The Morgan fingerprint density at radius 1 is 0.113 bits per heavy atom. The molecule has 27 aromatic rings. The van der Waals surface area contributed by atoms with Gasteiger partial charge < -0.3 is 13.7 Å². The van der Waals surface area contributed by atoms with Gasteiger partial charge in [-0.15, -0.1) is 0 Å². The highest BCUT2D eigenvalue weighted by molar-refractivity contribution is 6.24. The van der Waals surface area contributed by atoms with Crippen LogP contribution in [-0.4, -0.2) is 58.6 Å². The molecule has 21 aromatic carbocycles. The van der Waals surface area contributed by atoms with Crippen LogP contribution in [0.4, 0.5) is 0 Å². The van der Waals surface area contributed by atoms with Crippen LogP contribution in [0.5, 0.6) is 0 Å². The molecule has 0 fully saturated rings. The highest BCUT2D eigenvalue weighted by Crippen LogP contribution is 2.45. The molecule has 0 saturated heterocycles. The number of nitrogens with zero attached hydrogens (tertiary/aromatic N) is 12. The van der Waals surface area contributed by atoms with Crippen LogP contribution < -0.4 is 0 Å². The SMILES string of the molecule is c1ccc(-c2ccc(-c3nc(-c4ccccc4)nc(-c4ccc5c(c4)c4c6ccccc6ccc4n5-c4ccccc4)n3)cc2)cc1.c1ccc(-c2ccc(-c3nc(-c4ccccc4)nc(-c4ccc5c6c7ccccc7ccc6n(-c6ccccc6)c5c4)n3)cc2)cc1.c1ccc(-c2ccc3c4c5ccccc5ccc4n(-c4ccc(-c5nc(-c6ccccc6)nc(-c6ccccc6)n5)cc4)c3c2)cc1. The first-order valence-electron chi connectivity index (χ1n) is 47.4. The highest BCUT2D eigenvalue weighted by Gasteiger charge is 2.25. The second kappa shape index (κ2) is 36.6.